The van der Waals surface area contributed by atoms with E-state index in [1.165, 1.54) is 11.8 Å². The molecule has 3 aromatic rings. The summed E-state index contributed by atoms with van der Waals surface area (Å²) in [5.74, 6) is -0.118. The predicted octanol–water partition coefficient (Wildman–Crippen LogP) is 2.89. The van der Waals surface area contributed by atoms with Crippen LogP contribution in [-0.4, -0.2) is 29.4 Å². The van der Waals surface area contributed by atoms with Crippen LogP contribution in [0.1, 0.15) is 20.8 Å². The summed E-state index contributed by atoms with van der Waals surface area (Å²) < 4.78 is 0. The quantitative estimate of drug-likeness (QED) is 0.727. The van der Waals surface area contributed by atoms with Gasteiger partial charge in [-0.3, -0.25) is 14.7 Å². The van der Waals surface area contributed by atoms with Crippen molar-refractivity contribution in [2.45, 2.75) is 9.79 Å². The number of amides is 1. The molecule has 0 spiro atoms. The Labute approximate surface area is 131 Å². The van der Waals surface area contributed by atoms with Crippen LogP contribution in [0.3, 0.4) is 0 Å². The summed E-state index contributed by atoms with van der Waals surface area (Å²) in [6.07, 6.45) is 0.753. The molecule has 110 valence electrons. The van der Waals surface area contributed by atoms with E-state index in [0.29, 0.717) is 11.3 Å². The molecule has 0 fully saturated rings. The van der Waals surface area contributed by atoms with Crippen molar-refractivity contribution in [2.75, 3.05) is 7.05 Å². The Kier molecular flexibility index (Phi) is 3.93. The summed E-state index contributed by atoms with van der Waals surface area (Å²) in [5.41, 5.74) is 1.83. The first-order valence-corrected chi connectivity index (χ1v) is 7.47. The number of hydrogen-bond donors (Lipinski definition) is 2. The number of aldehydes is 1. The molecular weight excluding hydrogens is 298 g/mol. The number of nitrogens with zero attached hydrogens (tertiary/aromatic N) is 1. The second-order valence-corrected chi connectivity index (χ2v) is 5.73. The first-order valence-electron chi connectivity index (χ1n) is 6.65. The van der Waals surface area contributed by atoms with Crippen LogP contribution in [0, 0.1) is 0 Å². The summed E-state index contributed by atoms with van der Waals surface area (Å²) in [6, 6.07) is 13.1. The molecule has 0 aliphatic carbocycles. The fourth-order valence-corrected chi connectivity index (χ4v) is 3.15. The Morgan fingerprint density at radius 2 is 2.09 bits per heavy atom. The van der Waals surface area contributed by atoms with E-state index >= 15 is 0 Å². The van der Waals surface area contributed by atoms with E-state index in [9.17, 15) is 9.59 Å². The predicted molar refractivity (Wildman–Crippen MR) is 85.4 cm³/mol. The summed E-state index contributed by atoms with van der Waals surface area (Å²) >= 11 is 1.49. The molecule has 0 bridgehead atoms. The van der Waals surface area contributed by atoms with Gasteiger partial charge in [0, 0.05) is 22.2 Å². The van der Waals surface area contributed by atoms with Crippen molar-refractivity contribution >= 4 is 34.9 Å². The lowest BCUT2D eigenvalue weighted by Crippen LogP contribution is -2.18. The molecule has 0 aliphatic heterocycles. The van der Waals surface area contributed by atoms with Gasteiger partial charge in [0.15, 0.2) is 6.29 Å². The minimum Gasteiger partial charge on any atom is -0.355 e. The van der Waals surface area contributed by atoms with Crippen LogP contribution in [0.2, 0.25) is 0 Å². The number of hydrogen-bond acceptors (Lipinski definition) is 4. The van der Waals surface area contributed by atoms with E-state index in [0.717, 1.165) is 27.0 Å². The second-order valence-electron chi connectivity index (χ2n) is 4.61. The van der Waals surface area contributed by atoms with Crippen LogP contribution in [-0.2, 0) is 0 Å². The van der Waals surface area contributed by atoms with E-state index in [-0.39, 0.29) is 5.91 Å². The largest absolute Gasteiger partial charge is 0.355 e. The minimum atomic E-state index is -0.118. The highest BCUT2D eigenvalue weighted by Crippen LogP contribution is 2.32. The highest BCUT2D eigenvalue weighted by molar-refractivity contribution is 7.99. The highest BCUT2D eigenvalue weighted by Gasteiger charge is 2.11. The third-order valence-corrected chi connectivity index (χ3v) is 4.33. The van der Waals surface area contributed by atoms with Gasteiger partial charge in [-0.15, -0.1) is 0 Å². The molecule has 0 unspecified atom stereocenters. The first kappa shape index (κ1) is 14.3. The molecule has 0 atom stereocenters. The highest BCUT2D eigenvalue weighted by atomic mass is 32.2. The Morgan fingerprint density at radius 1 is 1.27 bits per heavy atom. The van der Waals surface area contributed by atoms with E-state index < -0.39 is 0 Å². The molecule has 6 heteroatoms. The monoisotopic (exact) mass is 311 g/mol. The van der Waals surface area contributed by atoms with E-state index in [2.05, 4.69) is 15.5 Å². The molecule has 1 heterocycles. The van der Waals surface area contributed by atoms with Crippen molar-refractivity contribution in [3.05, 3.63) is 53.7 Å². The Morgan fingerprint density at radius 3 is 2.86 bits per heavy atom. The van der Waals surface area contributed by atoms with Crippen molar-refractivity contribution in [3.63, 3.8) is 0 Å². The average molecular weight is 311 g/mol. The van der Waals surface area contributed by atoms with Gasteiger partial charge in [-0.25, -0.2) is 0 Å². The van der Waals surface area contributed by atoms with Crippen molar-refractivity contribution in [1.29, 1.82) is 0 Å². The van der Waals surface area contributed by atoms with Crippen molar-refractivity contribution < 1.29 is 9.59 Å². The van der Waals surface area contributed by atoms with Gasteiger partial charge in [0.2, 0.25) is 0 Å². The van der Waals surface area contributed by atoms with Crippen LogP contribution in [0.5, 0.6) is 0 Å². The standard InChI is InChI=1S/C16H13N3O2S/c1-17-16(21)12-4-2-3-5-15(12)22-10-6-7-11-13(8-10)18-19-14(11)9-20/h2-9H,1H3,(H,17,21)(H,18,19). The summed E-state index contributed by atoms with van der Waals surface area (Å²) in [5, 5.41) is 10.2. The molecule has 22 heavy (non-hydrogen) atoms. The zero-order valence-electron chi connectivity index (χ0n) is 11.8. The van der Waals surface area contributed by atoms with E-state index in [1.54, 1.807) is 13.1 Å². The molecule has 0 saturated carbocycles. The molecule has 3 rings (SSSR count). The molecule has 0 radical (unpaired) electrons. The number of H-pyrrole nitrogens is 1. The maximum atomic E-state index is 11.9. The van der Waals surface area contributed by atoms with Gasteiger partial charge in [0.1, 0.15) is 5.69 Å². The molecule has 0 aliphatic rings. The maximum absolute atomic E-state index is 11.9. The van der Waals surface area contributed by atoms with Gasteiger partial charge in [-0.05, 0) is 30.3 Å². The number of benzene rings is 2. The van der Waals surface area contributed by atoms with Gasteiger partial charge in [0.25, 0.3) is 5.91 Å². The zero-order valence-corrected chi connectivity index (χ0v) is 12.6. The first-order chi connectivity index (χ1) is 10.7. The average Bonchev–Trinajstić information content (AvgIpc) is 2.97. The minimum absolute atomic E-state index is 0.118. The molecule has 1 amide bonds. The third kappa shape index (κ3) is 2.60. The van der Waals surface area contributed by atoms with Crippen molar-refractivity contribution in [1.82, 2.24) is 15.5 Å². The lowest BCUT2D eigenvalue weighted by Gasteiger charge is -2.07. The van der Waals surface area contributed by atoms with Gasteiger partial charge >= 0.3 is 0 Å². The van der Waals surface area contributed by atoms with Crippen molar-refractivity contribution in [3.8, 4) is 0 Å². The lowest BCUT2D eigenvalue weighted by atomic mass is 10.2. The van der Waals surface area contributed by atoms with Gasteiger partial charge in [-0.2, -0.15) is 5.10 Å². The molecular formula is C16H13N3O2S. The zero-order chi connectivity index (χ0) is 15.5. The molecule has 0 saturated heterocycles. The van der Waals surface area contributed by atoms with Gasteiger partial charge in [0.05, 0.1) is 11.1 Å². The number of fused-ring (bicyclic) bond motifs is 1. The topological polar surface area (TPSA) is 74.8 Å². The number of carbonyl (C=O) groups is 2. The maximum Gasteiger partial charge on any atom is 0.252 e. The number of nitrogens with one attached hydrogen (secondary N) is 2. The van der Waals surface area contributed by atoms with Crippen LogP contribution >= 0.6 is 11.8 Å². The van der Waals surface area contributed by atoms with E-state index in [1.807, 2.05) is 36.4 Å². The van der Waals surface area contributed by atoms with E-state index in [4.69, 9.17) is 0 Å². The Hall–Kier alpha value is -2.60. The molecule has 1 aromatic heterocycles. The van der Waals surface area contributed by atoms with Crippen LogP contribution < -0.4 is 5.32 Å². The number of rotatable bonds is 4. The second kappa shape index (κ2) is 6.03. The van der Waals surface area contributed by atoms with Gasteiger partial charge < -0.3 is 5.32 Å². The number of aromatic nitrogens is 2. The smallest absolute Gasteiger partial charge is 0.252 e. The normalized spacial score (nSPS) is 10.6. The molecule has 2 N–H and O–H groups in total. The molecule has 2 aromatic carbocycles. The molecule has 5 nitrogen and oxygen atoms in total. The Bertz CT molecular complexity index is 857. The third-order valence-electron chi connectivity index (χ3n) is 3.26. The summed E-state index contributed by atoms with van der Waals surface area (Å²) in [4.78, 5) is 24.6. The van der Waals surface area contributed by atoms with Gasteiger partial charge in [-0.1, -0.05) is 23.9 Å². The number of aromatic amines is 1. The Balaban J connectivity index is 1.97. The fraction of sp³-hybridized carbons (Fsp3) is 0.0625. The van der Waals surface area contributed by atoms with Crippen LogP contribution in [0.15, 0.2) is 52.3 Å². The SMILES string of the molecule is CNC(=O)c1ccccc1Sc1ccc2c(C=O)[nH]nc2c1. The van der Waals surface area contributed by atoms with Crippen molar-refractivity contribution in [2.24, 2.45) is 0 Å². The van der Waals surface area contributed by atoms with Crippen LogP contribution in [0.4, 0.5) is 0 Å². The lowest BCUT2D eigenvalue weighted by molar-refractivity contribution is 0.0960. The van der Waals surface area contributed by atoms with Crippen LogP contribution in [0.25, 0.3) is 10.9 Å². The fourth-order valence-electron chi connectivity index (χ4n) is 2.17. The summed E-state index contributed by atoms with van der Waals surface area (Å²) in [7, 11) is 1.61. The summed E-state index contributed by atoms with van der Waals surface area (Å²) in [6.45, 7) is 0. The number of carbonyl (C=O) groups excluding carboxylic acids is 2.